The zero-order valence-corrected chi connectivity index (χ0v) is 19.3. The standard InChI is InChI=1S/C27H27N3OS/c1-17(2)31-25-11-8-19(14-20(25)15-28)27-30-16-26(32-27)23-5-3-4-22-21(23)9-10-24(22)29-13-12-18-6-7-18/h3-5,8,11-12,14,16-17,24,29H,6-7,9-10,13H2,1-2H3. The molecule has 1 fully saturated rings. The maximum atomic E-state index is 9.56. The van der Waals surface area contributed by atoms with E-state index in [-0.39, 0.29) is 6.10 Å². The zero-order valence-electron chi connectivity index (χ0n) is 18.5. The molecule has 4 nitrogen and oxygen atoms in total. The number of benzene rings is 2. The van der Waals surface area contributed by atoms with Gasteiger partial charge in [-0.05, 0) is 74.4 Å². The second-order valence-corrected chi connectivity index (χ2v) is 9.78. The van der Waals surface area contributed by atoms with Gasteiger partial charge in [-0.2, -0.15) is 5.26 Å². The fraction of sp³-hybridized carbons (Fsp3) is 0.333. The van der Waals surface area contributed by atoms with Crippen molar-refractivity contribution in [1.29, 1.82) is 5.26 Å². The van der Waals surface area contributed by atoms with Gasteiger partial charge in [0.25, 0.3) is 0 Å². The SMILES string of the molecule is CC(C)Oc1ccc(-c2ncc(-c3cccc4c3CCC4NCC=C3CC3)s2)cc1C#N. The average molecular weight is 442 g/mol. The van der Waals surface area contributed by atoms with Crippen LogP contribution in [-0.4, -0.2) is 17.6 Å². The van der Waals surface area contributed by atoms with Crippen LogP contribution in [0.5, 0.6) is 5.75 Å². The Bertz CT molecular complexity index is 1210. The normalized spacial score (nSPS) is 16.7. The number of ether oxygens (including phenoxy) is 1. The van der Waals surface area contributed by atoms with Crippen LogP contribution in [0, 0.1) is 11.3 Å². The Labute approximate surface area is 193 Å². The molecule has 162 valence electrons. The highest BCUT2D eigenvalue weighted by Crippen LogP contribution is 2.41. The molecule has 5 heteroatoms. The van der Waals surface area contributed by atoms with E-state index in [1.54, 1.807) is 16.9 Å². The van der Waals surface area contributed by atoms with Crippen molar-refractivity contribution in [3.63, 3.8) is 0 Å². The van der Waals surface area contributed by atoms with Crippen LogP contribution in [0.4, 0.5) is 0 Å². The first kappa shape index (κ1) is 20.9. The molecule has 0 aliphatic heterocycles. The Morgan fingerprint density at radius 2 is 2.12 bits per heavy atom. The zero-order chi connectivity index (χ0) is 22.1. The number of allylic oxidation sites excluding steroid dienone is 1. The minimum Gasteiger partial charge on any atom is -0.490 e. The number of thiazole rings is 1. The number of hydrogen-bond acceptors (Lipinski definition) is 5. The molecule has 3 aromatic rings. The van der Waals surface area contributed by atoms with E-state index in [1.807, 2.05) is 38.2 Å². The van der Waals surface area contributed by atoms with Gasteiger partial charge in [-0.15, -0.1) is 11.3 Å². The summed E-state index contributed by atoms with van der Waals surface area (Å²) in [7, 11) is 0. The molecule has 32 heavy (non-hydrogen) atoms. The lowest BCUT2D eigenvalue weighted by Crippen LogP contribution is -2.19. The highest BCUT2D eigenvalue weighted by Gasteiger charge is 2.25. The van der Waals surface area contributed by atoms with Crippen LogP contribution in [0.3, 0.4) is 0 Å². The van der Waals surface area contributed by atoms with Gasteiger partial charge in [0.15, 0.2) is 0 Å². The van der Waals surface area contributed by atoms with E-state index >= 15 is 0 Å². The molecule has 1 atom stereocenters. The number of fused-ring (bicyclic) bond motifs is 1. The van der Waals surface area contributed by atoms with Gasteiger partial charge in [-0.1, -0.05) is 29.8 Å². The van der Waals surface area contributed by atoms with Crippen molar-refractivity contribution in [1.82, 2.24) is 10.3 Å². The highest BCUT2D eigenvalue weighted by atomic mass is 32.1. The quantitative estimate of drug-likeness (QED) is 0.429. The fourth-order valence-corrected chi connectivity index (χ4v) is 5.32. The van der Waals surface area contributed by atoms with Crippen molar-refractivity contribution in [2.45, 2.75) is 51.7 Å². The van der Waals surface area contributed by atoms with Gasteiger partial charge in [0.05, 0.1) is 16.5 Å². The summed E-state index contributed by atoms with van der Waals surface area (Å²) in [5.41, 5.74) is 7.24. The van der Waals surface area contributed by atoms with Crippen LogP contribution < -0.4 is 10.1 Å². The van der Waals surface area contributed by atoms with E-state index in [2.05, 4.69) is 35.7 Å². The molecule has 2 aliphatic carbocycles. The predicted octanol–water partition coefficient (Wildman–Crippen LogP) is 6.43. The summed E-state index contributed by atoms with van der Waals surface area (Å²) in [6.07, 6.45) is 9.15. The molecule has 1 saturated carbocycles. The van der Waals surface area contributed by atoms with E-state index in [1.165, 1.54) is 34.4 Å². The number of nitrogens with zero attached hydrogens (tertiary/aromatic N) is 2. The Balaban J connectivity index is 1.39. The van der Waals surface area contributed by atoms with Gasteiger partial charge in [-0.3, -0.25) is 0 Å². The van der Waals surface area contributed by atoms with E-state index < -0.39 is 0 Å². The summed E-state index contributed by atoms with van der Waals surface area (Å²) in [5, 5.41) is 14.2. The molecule has 0 bridgehead atoms. The second kappa shape index (κ2) is 8.90. The molecular formula is C27H27N3OS. The van der Waals surface area contributed by atoms with Gasteiger partial charge in [-0.25, -0.2) is 4.98 Å². The van der Waals surface area contributed by atoms with Crippen LogP contribution in [0.1, 0.15) is 55.8 Å². The molecule has 0 radical (unpaired) electrons. The Hall–Kier alpha value is -2.94. The summed E-state index contributed by atoms with van der Waals surface area (Å²) in [6.45, 7) is 4.89. The Kier molecular flexibility index (Phi) is 5.82. The first-order chi connectivity index (χ1) is 15.6. The minimum absolute atomic E-state index is 0.0308. The minimum atomic E-state index is 0.0308. The van der Waals surface area contributed by atoms with Crippen molar-refractivity contribution < 1.29 is 4.74 Å². The maximum Gasteiger partial charge on any atom is 0.137 e. The third-order valence-corrected chi connectivity index (χ3v) is 7.12. The van der Waals surface area contributed by atoms with Gasteiger partial charge >= 0.3 is 0 Å². The van der Waals surface area contributed by atoms with Crippen molar-refractivity contribution in [3.8, 4) is 32.8 Å². The highest BCUT2D eigenvalue weighted by molar-refractivity contribution is 7.18. The lowest BCUT2D eigenvalue weighted by atomic mass is 10.0. The van der Waals surface area contributed by atoms with E-state index in [4.69, 9.17) is 9.72 Å². The monoisotopic (exact) mass is 441 g/mol. The Morgan fingerprint density at radius 1 is 1.25 bits per heavy atom. The van der Waals surface area contributed by atoms with E-state index in [0.717, 1.165) is 30.0 Å². The molecule has 5 rings (SSSR count). The number of aromatic nitrogens is 1. The van der Waals surface area contributed by atoms with Gasteiger partial charge in [0.1, 0.15) is 16.8 Å². The topological polar surface area (TPSA) is 57.9 Å². The number of hydrogen-bond donors (Lipinski definition) is 1. The number of rotatable bonds is 7. The van der Waals surface area contributed by atoms with Gasteiger partial charge in [0.2, 0.25) is 0 Å². The van der Waals surface area contributed by atoms with Crippen molar-refractivity contribution >= 4 is 11.3 Å². The molecule has 1 unspecified atom stereocenters. The predicted molar refractivity (Wildman–Crippen MR) is 130 cm³/mol. The van der Waals surface area contributed by atoms with Gasteiger partial charge < -0.3 is 10.1 Å². The van der Waals surface area contributed by atoms with Crippen molar-refractivity contribution in [2.24, 2.45) is 0 Å². The summed E-state index contributed by atoms with van der Waals surface area (Å²) < 4.78 is 5.76. The second-order valence-electron chi connectivity index (χ2n) is 8.75. The number of nitrogens with one attached hydrogen (secondary N) is 1. The molecular weight excluding hydrogens is 414 g/mol. The molecule has 2 aromatic carbocycles. The van der Waals surface area contributed by atoms with Crippen LogP contribution in [0.2, 0.25) is 0 Å². The summed E-state index contributed by atoms with van der Waals surface area (Å²) in [5.74, 6) is 0.625. The molecule has 0 amide bonds. The van der Waals surface area contributed by atoms with Crippen LogP contribution in [0.15, 0.2) is 54.2 Å². The third-order valence-electron chi connectivity index (χ3n) is 6.05. The maximum absolute atomic E-state index is 9.56. The smallest absolute Gasteiger partial charge is 0.137 e. The van der Waals surface area contributed by atoms with E-state index in [0.29, 0.717) is 17.4 Å². The first-order valence-corrected chi connectivity index (χ1v) is 12.1. The van der Waals surface area contributed by atoms with Crippen molar-refractivity contribution in [3.05, 3.63) is 70.9 Å². The number of nitriles is 1. The summed E-state index contributed by atoms with van der Waals surface area (Å²) in [4.78, 5) is 5.87. The molecule has 1 heterocycles. The molecule has 1 N–H and O–H groups in total. The first-order valence-electron chi connectivity index (χ1n) is 11.3. The average Bonchev–Trinajstić information content (AvgIpc) is 3.31. The molecule has 2 aliphatic rings. The summed E-state index contributed by atoms with van der Waals surface area (Å²) >= 11 is 1.68. The van der Waals surface area contributed by atoms with Crippen LogP contribution in [0.25, 0.3) is 21.0 Å². The van der Waals surface area contributed by atoms with Crippen molar-refractivity contribution in [2.75, 3.05) is 6.54 Å². The molecule has 0 spiro atoms. The van der Waals surface area contributed by atoms with Crippen LogP contribution in [-0.2, 0) is 6.42 Å². The van der Waals surface area contributed by atoms with Gasteiger partial charge in [0, 0.05) is 24.3 Å². The lowest BCUT2D eigenvalue weighted by Gasteiger charge is -2.13. The largest absolute Gasteiger partial charge is 0.490 e. The molecule has 1 aromatic heterocycles. The molecule has 0 saturated heterocycles. The van der Waals surface area contributed by atoms with E-state index in [9.17, 15) is 5.26 Å². The lowest BCUT2D eigenvalue weighted by molar-refractivity contribution is 0.242. The van der Waals surface area contributed by atoms with Crippen LogP contribution >= 0.6 is 11.3 Å². The fourth-order valence-electron chi connectivity index (χ4n) is 4.36. The third kappa shape index (κ3) is 4.34. The Morgan fingerprint density at radius 3 is 2.91 bits per heavy atom. The summed E-state index contributed by atoms with van der Waals surface area (Å²) in [6, 6.07) is 15.1.